The summed E-state index contributed by atoms with van der Waals surface area (Å²) >= 11 is 0. The minimum absolute atomic E-state index is 0.00973. The van der Waals surface area contributed by atoms with Gasteiger partial charge in [-0.05, 0) is 103 Å². The van der Waals surface area contributed by atoms with E-state index in [0.29, 0.717) is 32.1 Å². The SMILES string of the molecule is CC(C)(C)C(=O)OCOP(=O)(OCOC(=O)C(C)(C)C)C(F)(F)c1ccc2[nH]c(C(=O)N[C@H]3CCCC[C@H]4CC[C@@H](C(=O)N[C@@H](CCC(N)=O)C(=O)CC(c5ccccc5)c5ccccc5)N4C3=O)cc2c1. The summed E-state index contributed by atoms with van der Waals surface area (Å²) in [4.78, 5) is 97.9. The summed E-state index contributed by atoms with van der Waals surface area (Å²) in [5.74, 6) is -4.83. The highest BCUT2D eigenvalue weighted by Crippen LogP contribution is 2.67. The maximum Gasteiger partial charge on any atom is 0.410 e. The van der Waals surface area contributed by atoms with Gasteiger partial charge in [0.05, 0.1) is 16.9 Å². The van der Waals surface area contributed by atoms with Crippen LogP contribution >= 0.6 is 7.60 Å². The number of esters is 2. The van der Waals surface area contributed by atoms with Crippen LogP contribution in [0.1, 0.15) is 132 Å². The average Bonchev–Trinajstić information content (AvgIpc) is 3.96. The average molecular weight is 1020 g/mol. The third kappa shape index (κ3) is 13.4. The second kappa shape index (κ2) is 23.1. The molecule has 0 unspecified atom stereocenters. The van der Waals surface area contributed by atoms with Crippen molar-refractivity contribution in [3.05, 3.63) is 107 Å². The Balaban J connectivity index is 1.18. The fraction of sp³-hybridized carbons (Fsp3) is 0.481. The number of primary amides is 1. The van der Waals surface area contributed by atoms with Crippen LogP contribution in [0, 0.1) is 10.8 Å². The summed E-state index contributed by atoms with van der Waals surface area (Å²) in [6.45, 7) is 6.69. The van der Waals surface area contributed by atoms with Crippen LogP contribution in [0.25, 0.3) is 10.9 Å². The zero-order valence-corrected chi connectivity index (χ0v) is 42.3. The smallest absolute Gasteiger partial charge is 0.410 e. The van der Waals surface area contributed by atoms with Gasteiger partial charge in [0.1, 0.15) is 17.8 Å². The van der Waals surface area contributed by atoms with Crippen molar-refractivity contribution in [1.82, 2.24) is 20.5 Å². The Bertz CT molecular complexity index is 2590. The van der Waals surface area contributed by atoms with Crippen LogP contribution in [0.2, 0.25) is 0 Å². The number of rotatable bonds is 20. The van der Waals surface area contributed by atoms with Gasteiger partial charge in [0, 0.05) is 41.3 Å². The molecule has 1 aromatic heterocycles. The molecule has 2 saturated heterocycles. The Morgan fingerprint density at radius 1 is 0.792 bits per heavy atom. The molecular formula is C52H64F2N5O12P. The number of ether oxygens (including phenoxy) is 2. The second-order valence-electron chi connectivity index (χ2n) is 20.3. The highest BCUT2D eigenvalue weighted by atomic mass is 31.2. The van der Waals surface area contributed by atoms with E-state index in [1.54, 1.807) is 0 Å². The van der Waals surface area contributed by atoms with E-state index >= 15 is 8.78 Å². The van der Waals surface area contributed by atoms with Crippen LogP contribution in [0.15, 0.2) is 84.9 Å². The first-order valence-corrected chi connectivity index (χ1v) is 25.5. The van der Waals surface area contributed by atoms with E-state index < -0.39 is 96.9 Å². The van der Waals surface area contributed by atoms with Gasteiger partial charge in [0.25, 0.3) is 5.91 Å². The van der Waals surface area contributed by atoms with E-state index in [-0.39, 0.29) is 60.0 Å². The standard InChI is InChI=1S/C52H64F2N5O12P/c1-50(2,3)48(65)68-30-70-72(67,71-31-69-49(66)51(4,5)6)52(53,54)35-21-23-38-34(27-35)28-41(56-38)45(62)58-40-20-14-13-19-36-22-25-42(59(36)47(40)64)46(63)57-39(24-26-44(55)61)43(60)29-37(32-15-9-7-10-16-32)33-17-11-8-12-18-33/h7-12,15-18,21,23,27-28,36-37,39-40,42,56H,13-14,19-20,22,24-26,29-31H2,1-6H3,(H2,55,61)(H,57,63)(H,58,62)/t36-,39-,40-,42-/m0/s1. The molecule has 20 heteroatoms. The summed E-state index contributed by atoms with van der Waals surface area (Å²) < 4.78 is 66.6. The van der Waals surface area contributed by atoms with Crippen molar-refractivity contribution >= 4 is 59.8 Å². The number of amides is 4. The fourth-order valence-electron chi connectivity index (χ4n) is 8.70. The van der Waals surface area contributed by atoms with Crippen LogP contribution in [0.3, 0.4) is 0 Å². The second-order valence-corrected chi connectivity index (χ2v) is 22.4. The molecule has 0 spiro atoms. The minimum atomic E-state index is -5.64. The summed E-state index contributed by atoms with van der Waals surface area (Å²) in [6.07, 6.45) is 2.68. The van der Waals surface area contributed by atoms with Crippen LogP contribution in [-0.4, -0.2) is 89.0 Å². The Hall–Kier alpha value is -6.30. The first-order valence-electron chi connectivity index (χ1n) is 24.0. The molecule has 3 aromatic carbocycles. The van der Waals surface area contributed by atoms with Crippen molar-refractivity contribution in [3.8, 4) is 0 Å². The van der Waals surface area contributed by atoms with Gasteiger partial charge in [0.2, 0.25) is 31.3 Å². The number of fused-ring (bicyclic) bond motifs is 2. The molecule has 0 radical (unpaired) electrons. The molecule has 0 bridgehead atoms. The normalized spacial score (nSPS) is 18.2. The van der Waals surface area contributed by atoms with E-state index in [0.717, 1.165) is 23.3 Å². The molecule has 4 amide bonds. The van der Waals surface area contributed by atoms with E-state index in [1.165, 1.54) is 58.6 Å². The monoisotopic (exact) mass is 1020 g/mol. The van der Waals surface area contributed by atoms with E-state index in [1.807, 2.05) is 60.7 Å². The molecule has 2 fully saturated rings. The Morgan fingerprint density at radius 3 is 1.92 bits per heavy atom. The topological polar surface area (TPSA) is 243 Å². The molecule has 0 saturated carbocycles. The maximum absolute atomic E-state index is 16.4. The molecule has 5 N–H and O–H groups in total. The van der Waals surface area contributed by atoms with Crippen LogP contribution < -0.4 is 16.4 Å². The summed E-state index contributed by atoms with van der Waals surface area (Å²) in [5, 5.41) is 5.71. The summed E-state index contributed by atoms with van der Waals surface area (Å²) in [5.41, 5.74) is -0.00577. The highest BCUT2D eigenvalue weighted by molar-refractivity contribution is 7.54. The lowest BCUT2D eigenvalue weighted by atomic mass is 9.85. The predicted octanol–water partition coefficient (Wildman–Crippen LogP) is 8.11. The van der Waals surface area contributed by atoms with Gasteiger partial charge < -0.3 is 35.7 Å². The molecule has 2 aliphatic rings. The van der Waals surface area contributed by atoms with Gasteiger partial charge in [-0.1, -0.05) is 79.6 Å². The Kier molecular flexibility index (Phi) is 17.6. The van der Waals surface area contributed by atoms with Gasteiger partial charge in [-0.25, -0.2) is 0 Å². The molecular weight excluding hydrogens is 956 g/mol. The fourth-order valence-corrected chi connectivity index (χ4v) is 9.94. The van der Waals surface area contributed by atoms with E-state index in [9.17, 15) is 38.1 Å². The van der Waals surface area contributed by atoms with Crippen LogP contribution in [-0.2, 0) is 57.5 Å². The lowest BCUT2D eigenvalue weighted by Crippen LogP contribution is -2.57. The molecule has 72 heavy (non-hydrogen) atoms. The molecule has 3 heterocycles. The van der Waals surface area contributed by atoms with Crippen molar-refractivity contribution in [2.24, 2.45) is 16.6 Å². The minimum Gasteiger partial charge on any atom is -0.438 e. The zero-order chi connectivity index (χ0) is 52.6. The molecule has 4 aromatic rings. The van der Waals surface area contributed by atoms with Crippen molar-refractivity contribution in [2.45, 2.75) is 135 Å². The Labute approximate surface area is 417 Å². The zero-order valence-electron chi connectivity index (χ0n) is 41.4. The van der Waals surface area contributed by atoms with Gasteiger partial charge in [-0.2, -0.15) is 8.78 Å². The number of alkyl halides is 2. The summed E-state index contributed by atoms with van der Waals surface area (Å²) in [7, 11) is -5.64. The van der Waals surface area contributed by atoms with Crippen molar-refractivity contribution in [2.75, 3.05) is 13.6 Å². The molecule has 0 aliphatic carbocycles. The summed E-state index contributed by atoms with van der Waals surface area (Å²) in [6, 6.07) is 19.8. The molecule has 6 rings (SSSR count). The number of aromatic nitrogens is 1. The molecule has 388 valence electrons. The number of aromatic amines is 1. The Morgan fingerprint density at radius 2 is 1.36 bits per heavy atom. The first kappa shape index (κ1) is 55.0. The molecule has 4 atom stereocenters. The largest absolute Gasteiger partial charge is 0.438 e. The van der Waals surface area contributed by atoms with E-state index in [4.69, 9.17) is 24.3 Å². The quantitative estimate of drug-likeness (QED) is 0.0373. The number of H-pyrrole nitrogens is 1. The van der Waals surface area contributed by atoms with Gasteiger partial charge in [0.15, 0.2) is 5.78 Å². The number of carbonyl (C=O) groups excluding carboxylic acids is 7. The number of ketones is 1. The number of benzene rings is 3. The van der Waals surface area contributed by atoms with Crippen molar-refractivity contribution < 1.29 is 65.4 Å². The van der Waals surface area contributed by atoms with Crippen molar-refractivity contribution in [1.29, 1.82) is 0 Å². The van der Waals surface area contributed by atoms with Gasteiger partial charge in [-0.3, -0.25) is 47.2 Å². The molecule has 17 nitrogen and oxygen atoms in total. The number of Topliss-reactive ketones (excluding diaryl/α,β-unsaturated/α-hetero) is 1. The van der Waals surface area contributed by atoms with Crippen LogP contribution in [0.5, 0.6) is 0 Å². The molecule has 2 aliphatic heterocycles. The number of nitrogens with two attached hydrogens (primary N) is 1. The van der Waals surface area contributed by atoms with Gasteiger partial charge in [-0.15, -0.1) is 0 Å². The number of halogens is 2. The third-order valence-corrected chi connectivity index (χ3v) is 14.6. The number of carbonyl (C=O) groups is 7. The lowest BCUT2D eigenvalue weighted by molar-refractivity contribution is -0.163. The number of hydrogen-bond donors (Lipinski definition) is 4. The number of nitrogens with zero attached hydrogens (tertiary/aromatic N) is 1. The van der Waals surface area contributed by atoms with Crippen LogP contribution in [0.4, 0.5) is 8.78 Å². The van der Waals surface area contributed by atoms with Gasteiger partial charge >= 0.3 is 25.2 Å². The number of nitrogens with one attached hydrogen (secondary N) is 3. The highest BCUT2D eigenvalue weighted by Gasteiger charge is 2.56. The predicted molar refractivity (Wildman–Crippen MR) is 261 cm³/mol. The van der Waals surface area contributed by atoms with E-state index in [2.05, 4.69) is 15.6 Å². The first-order chi connectivity index (χ1) is 33.9. The third-order valence-electron chi connectivity index (χ3n) is 12.7. The van der Waals surface area contributed by atoms with Crippen molar-refractivity contribution in [3.63, 3.8) is 0 Å². The lowest BCUT2D eigenvalue weighted by Gasteiger charge is -2.35. The number of hydrogen-bond acceptors (Lipinski definition) is 12. The maximum atomic E-state index is 16.4.